The van der Waals surface area contributed by atoms with Gasteiger partial charge in [0, 0.05) is 17.8 Å². The minimum Gasteiger partial charge on any atom is -0.496 e. The summed E-state index contributed by atoms with van der Waals surface area (Å²) in [5, 5.41) is 7.94. The molecule has 3 amide bonds. The molecule has 0 atom stereocenters. The van der Waals surface area contributed by atoms with Crippen LogP contribution in [0.25, 0.3) is 0 Å². The second-order valence-electron chi connectivity index (χ2n) is 5.27. The van der Waals surface area contributed by atoms with Gasteiger partial charge in [-0.15, -0.1) is 0 Å². The molecule has 0 bridgehead atoms. The molecule has 24 heavy (non-hydrogen) atoms. The molecule has 3 N–H and O–H groups in total. The number of nitrogens with one attached hydrogen (secondary N) is 3. The Morgan fingerprint density at radius 3 is 2.58 bits per heavy atom. The van der Waals surface area contributed by atoms with Crippen LogP contribution in [0.3, 0.4) is 0 Å². The predicted molar refractivity (Wildman–Crippen MR) is 93.0 cm³/mol. The summed E-state index contributed by atoms with van der Waals surface area (Å²) in [6.45, 7) is 2.17. The first-order chi connectivity index (χ1) is 11.6. The molecule has 6 heteroatoms. The van der Waals surface area contributed by atoms with E-state index in [0.29, 0.717) is 18.0 Å². The van der Waals surface area contributed by atoms with Crippen LogP contribution in [0, 0.1) is 6.92 Å². The Morgan fingerprint density at radius 1 is 1.04 bits per heavy atom. The molecule has 126 valence electrons. The van der Waals surface area contributed by atoms with Crippen LogP contribution in [0.5, 0.6) is 5.75 Å². The number of aryl methyl sites for hydroxylation is 1. The van der Waals surface area contributed by atoms with Gasteiger partial charge in [-0.05, 0) is 30.7 Å². The van der Waals surface area contributed by atoms with Crippen LogP contribution in [0.4, 0.5) is 10.5 Å². The highest BCUT2D eigenvalue weighted by atomic mass is 16.5. The maximum absolute atomic E-state index is 11.8. The number of rotatable bonds is 6. The summed E-state index contributed by atoms with van der Waals surface area (Å²) in [6.07, 6.45) is 0. The third-order valence-electron chi connectivity index (χ3n) is 3.35. The smallest absolute Gasteiger partial charge is 0.319 e. The Labute approximate surface area is 141 Å². The molecule has 0 heterocycles. The van der Waals surface area contributed by atoms with E-state index in [-0.39, 0.29) is 12.5 Å². The van der Waals surface area contributed by atoms with E-state index in [1.807, 2.05) is 49.4 Å². The Kier molecular flexibility index (Phi) is 6.19. The highest BCUT2D eigenvalue weighted by Crippen LogP contribution is 2.16. The monoisotopic (exact) mass is 327 g/mol. The Morgan fingerprint density at radius 2 is 1.83 bits per heavy atom. The standard InChI is InChI=1S/C18H21N3O3/c1-13-6-5-8-15(10-13)21-18(23)20-12-17(22)19-11-14-7-3-4-9-16(14)24-2/h3-10H,11-12H2,1-2H3,(H,19,22)(H2,20,21,23). The molecule has 0 unspecified atom stereocenters. The summed E-state index contributed by atoms with van der Waals surface area (Å²) in [5.41, 5.74) is 2.60. The summed E-state index contributed by atoms with van der Waals surface area (Å²) in [7, 11) is 1.58. The number of carbonyl (C=O) groups excluding carboxylic acids is 2. The van der Waals surface area contributed by atoms with Crippen LogP contribution in [-0.2, 0) is 11.3 Å². The minimum atomic E-state index is -0.423. The highest BCUT2D eigenvalue weighted by molar-refractivity contribution is 5.92. The van der Waals surface area contributed by atoms with Gasteiger partial charge in [0.1, 0.15) is 5.75 Å². The van der Waals surface area contributed by atoms with Crippen molar-refractivity contribution in [2.24, 2.45) is 0 Å². The highest BCUT2D eigenvalue weighted by Gasteiger charge is 2.07. The van der Waals surface area contributed by atoms with Gasteiger partial charge in [0.2, 0.25) is 5.91 Å². The van der Waals surface area contributed by atoms with Crippen molar-refractivity contribution >= 4 is 17.6 Å². The molecule has 6 nitrogen and oxygen atoms in total. The molecule has 2 aromatic carbocycles. The van der Waals surface area contributed by atoms with E-state index >= 15 is 0 Å². The lowest BCUT2D eigenvalue weighted by atomic mass is 10.2. The second-order valence-corrected chi connectivity index (χ2v) is 5.27. The first kappa shape index (κ1) is 17.3. The van der Waals surface area contributed by atoms with E-state index in [4.69, 9.17) is 4.74 Å². The van der Waals surface area contributed by atoms with Gasteiger partial charge in [0.25, 0.3) is 0 Å². The van der Waals surface area contributed by atoms with Crippen molar-refractivity contribution in [2.75, 3.05) is 19.0 Å². The van der Waals surface area contributed by atoms with E-state index in [9.17, 15) is 9.59 Å². The SMILES string of the molecule is COc1ccccc1CNC(=O)CNC(=O)Nc1cccc(C)c1. The van der Waals surface area contributed by atoms with Crippen LogP contribution in [0.2, 0.25) is 0 Å². The van der Waals surface area contributed by atoms with Crippen molar-refractivity contribution in [1.82, 2.24) is 10.6 Å². The summed E-state index contributed by atoms with van der Waals surface area (Å²) in [6, 6.07) is 14.4. The number of amides is 3. The Bertz CT molecular complexity index is 716. The summed E-state index contributed by atoms with van der Waals surface area (Å²) in [5.74, 6) is 0.434. The molecule has 0 saturated heterocycles. The first-order valence-corrected chi connectivity index (χ1v) is 7.58. The number of anilines is 1. The fraction of sp³-hybridized carbons (Fsp3) is 0.222. The van der Waals surface area contributed by atoms with Gasteiger partial charge >= 0.3 is 6.03 Å². The van der Waals surface area contributed by atoms with Gasteiger partial charge in [-0.3, -0.25) is 4.79 Å². The number of ether oxygens (including phenoxy) is 1. The molecule has 0 aliphatic rings. The number of urea groups is 1. The van der Waals surface area contributed by atoms with E-state index in [1.165, 1.54) is 0 Å². The summed E-state index contributed by atoms with van der Waals surface area (Å²) >= 11 is 0. The maximum atomic E-state index is 11.8. The molecule has 0 saturated carbocycles. The van der Waals surface area contributed by atoms with E-state index in [0.717, 1.165) is 11.1 Å². The zero-order chi connectivity index (χ0) is 17.4. The second kappa shape index (κ2) is 8.57. The van der Waals surface area contributed by atoms with Crippen molar-refractivity contribution in [2.45, 2.75) is 13.5 Å². The van der Waals surface area contributed by atoms with Crippen molar-refractivity contribution in [3.05, 3.63) is 59.7 Å². The Hall–Kier alpha value is -3.02. The molecule has 0 fully saturated rings. The molecule has 0 radical (unpaired) electrons. The number of hydrogen-bond donors (Lipinski definition) is 3. The molecule has 0 spiro atoms. The largest absolute Gasteiger partial charge is 0.496 e. The fourth-order valence-corrected chi connectivity index (χ4v) is 2.16. The van der Waals surface area contributed by atoms with E-state index in [1.54, 1.807) is 13.2 Å². The van der Waals surface area contributed by atoms with Crippen molar-refractivity contribution in [1.29, 1.82) is 0 Å². The molecule has 0 aromatic heterocycles. The minimum absolute atomic E-state index is 0.104. The summed E-state index contributed by atoms with van der Waals surface area (Å²) < 4.78 is 5.22. The van der Waals surface area contributed by atoms with Gasteiger partial charge in [0.15, 0.2) is 0 Å². The third kappa shape index (κ3) is 5.31. The number of hydrogen-bond acceptors (Lipinski definition) is 3. The Balaban J connectivity index is 1.75. The zero-order valence-electron chi connectivity index (χ0n) is 13.8. The molecular weight excluding hydrogens is 306 g/mol. The van der Waals surface area contributed by atoms with E-state index < -0.39 is 6.03 Å². The van der Waals surface area contributed by atoms with Crippen LogP contribution >= 0.6 is 0 Å². The van der Waals surface area contributed by atoms with Gasteiger partial charge in [0.05, 0.1) is 13.7 Å². The van der Waals surface area contributed by atoms with Gasteiger partial charge in [-0.2, -0.15) is 0 Å². The van der Waals surface area contributed by atoms with Crippen molar-refractivity contribution in [3.63, 3.8) is 0 Å². The first-order valence-electron chi connectivity index (χ1n) is 7.58. The molecular formula is C18H21N3O3. The van der Waals surface area contributed by atoms with Crippen molar-refractivity contribution < 1.29 is 14.3 Å². The molecule has 0 aliphatic carbocycles. The van der Waals surface area contributed by atoms with Crippen LogP contribution in [0.1, 0.15) is 11.1 Å². The lowest BCUT2D eigenvalue weighted by molar-refractivity contribution is -0.120. The summed E-state index contributed by atoms with van der Waals surface area (Å²) in [4.78, 5) is 23.6. The third-order valence-corrected chi connectivity index (χ3v) is 3.35. The number of carbonyl (C=O) groups is 2. The van der Waals surface area contributed by atoms with Crippen molar-refractivity contribution in [3.8, 4) is 5.75 Å². The van der Waals surface area contributed by atoms with Gasteiger partial charge in [-0.1, -0.05) is 30.3 Å². The molecule has 0 aliphatic heterocycles. The van der Waals surface area contributed by atoms with Gasteiger partial charge < -0.3 is 20.7 Å². The van der Waals surface area contributed by atoms with Gasteiger partial charge in [-0.25, -0.2) is 4.79 Å². The molecule has 2 rings (SSSR count). The lowest BCUT2D eigenvalue weighted by Gasteiger charge is -2.10. The van der Waals surface area contributed by atoms with Crippen LogP contribution < -0.4 is 20.7 Å². The predicted octanol–water partition coefficient (Wildman–Crippen LogP) is 2.44. The molecule has 2 aromatic rings. The average molecular weight is 327 g/mol. The lowest BCUT2D eigenvalue weighted by Crippen LogP contribution is -2.38. The number of benzene rings is 2. The number of methoxy groups -OCH3 is 1. The van der Waals surface area contributed by atoms with E-state index in [2.05, 4.69) is 16.0 Å². The fourth-order valence-electron chi connectivity index (χ4n) is 2.16. The maximum Gasteiger partial charge on any atom is 0.319 e. The normalized spacial score (nSPS) is 9.92. The van der Waals surface area contributed by atoms with Crippen LogP contribution in [-0.4, -0.2) is 25.6 Å². The zero-order valence-corrected chi connectivity index (χ0v) is 13.8. The topological polar surface area (TPSA) is 79.5 Å². The average Bonchev–Trinajstić information content (AvgIpc) is 2.58. The quantitative estimate of drug-likeness (QED) is 0.762. The number of para-hydroxylation sites is 1. The van der Waals surface area contributed by atoms with Crippen LogP contribution in [0.15, 0.2) is 48.5 Å².